The molecule has 0 amide bonds. The molecule has 6 atom stereocenters. The van der Waals surface area contributed by atoms with Crippen molar-refractivity contribution in [3.05, 3.63) is 22.7 Å². The molecule has 17 heteroatoms. The minimum atomic E-state index is -5.10. The standard InChI is InChI=1S/C12H22N4O11P2/c1-14-3-5-24-28(20,21)27-29(22,23)25-6-7-9(17)10(18)11(26-7)16-4-2-8(13)15-12(16)19/h2,4,7,9-11,14,17-18H,3,5-6H2,1H3,(H,20,21)(H,22,23)(H2,13,15,19)/t7-,9-,10-,11-/m1/s1. The Kier molecular flexibility index (Phi) is 8.07. The number of anilines is 1. The predicted molar refractivity (Wildman–Crippen MR) is 95.4 cm³/mol. The maximum Gasteiger partial charge on any atom is 0.481 e. The number of rotatable bonds is 10. The van der Waals surface area contributed by atoms with Crippen molar-refractivity contribution in [1.82, 2.24) is 14.9 Å². The normalized spacial score (nSPS) is 28.7. The number of nitrogens with zero attached hydrogens (tertiary/aromatic N) is 2. The summed E-state index contributed by atoms with van der Waals surface area (Å²) in [6.45, 7) is -0.936. The van der Waals surface area contributed by atoms with E-state index in [-0.39, 0.29) is 19.0 Å². The van der Waals surface area contributed by atoms with E-state index in [1.807, 2.05) is 0 Å². The second-order valence-electron chi connectivity index (χ2n) is 5.84. The molecule has 0 aliphatic carbocycles. The van der Waals surface area contributed by atoms with Crippen LogP contribution in [0.15, 0.2) is 17.1 Å². The van der Waals surface area contributed by atoms with Crippen molar-refractivity contribution in [2.45, 2.75) is 24.5 Å². The summed E-state index contributed by atoms with van der Waals surface area (Å²) >= 11 is 0. The Bertz CT molecular complexity index is 851. The topological polar surface area (TPSA) is 225 Å². The molecule has 1 aromatic rings. The lowest BCUT2D eigenvalue weighted by Crippen LogP contribution is -2.36. The zero-order chi connectivity index (χ0) is 21.8. The quantitative estimate of drug-likeness (QED) is 0.163. The second-order valence-corrected chi connectivity index (χ2v) is 8.88. The molecule has 0 radical (unpaired) electrons. The molecule has 0 aromatic carbocycles. The number of nitrogens with one attached hydrogen (secondary N) is 1. The molecule has 1 fully saturated rings. The highest BCUT2D eigenvalue weighted by Crippen LogP contribution is 2.60. The Morgan fingerprint density at radius 1 is 1.28 bits per heavy atom. The van der Waals surface area contributed by atoms with Crippen LogP contribution in [0, 0.1) is 0 Å². The van der Waals surface area contributed by atoms with E-state index in [1.54, 1.807) is 7.05 Å². The van der Waals surface area contributed by atoms with Crippen LogP contribution < -0.4 is 16.7 Å². The largest absolute Gasteiger partial charge is 0.481 e. The summed E-state index contributed by atoms with van der Waals surface area (Å²) in [5.74, 6) is -0.0668. The number of nitrogens with two attached hydrogens (primary N) is 1. The first-order chi connectivity index (χ1) is 13.5. The Morgan fingerprint density at radius 2 is 1.93 bits per heavy atom. The lowest BCUT2D eigenvalue weighted by atomic mass is 10.1. The lowest BCUT2D eigenvalue weighted by Gasteiger charge is -2.19. The molecule has 1 aromatic heterocycles. The summed E-state index contributed by atoms with van der Waals surface area (Å²) in [7, 11) is -8.45. The summed E-state index contributed by atoms with van der Waals surface area (Å²) in [5.41, 5.74) is 4.51. The molecule has 29 heavy (non-hydrogen) atoms. The van der Waals surface area contributed by atoms with Gasteiger partial charge in [-0.1, -0.05) is 0 Å². The third-order valence-corrected chi connectivity index (χ3v) is 6.31. The number of ether oxygens (including phenoxy) is 1. The molecule has 15 nitrogen and oxygen atoms in total. The van der Waals surface area contributed by atoms with Crippen molar-refractivity contribution in [1.29, 1.82) is 0 Å². The number of phosphoric ester groups is 2. The zero-order valence-corrected chi connectivity index (χ0v) is 16.9. The van der Waals surface area contributed by atoms with Gasteiger partial charge in [-0.25, -0.2) is 13.9 Å². The Hall–Kier alpha value is -1.22. The van der Waals surface area contributed by atoms with Crippen LogP contribution in [-0.2, 0) is 27.2 Å². The maximum atomic E-state index is 11.9. The zero-order valence-electron chi connectivity index (χ0n) is 15.1. The first kappa shape index (κ1) is 24.1. The summed E-state index contributed by atoms with van der Waals surface area (Å²) in [4.78, 5) is 34.3. The van der Waals surface area contributed by atoms with Gasteiger partial charge in [-0.05, 0) is 13.1 Å². The van der Waals surface area contributed by atoms with E-state index < -0.39 is 52.5 Å². The number of likely N-dealkylation sites (N-methyl/N-ethyl adjacent to an activating group) is 1. The third-order valence-electron chi connectivity index (χ3n) is 3.68. The van der Waals surface area contributed by atoms with Crippen molar-refractivity contribution in [3.63, 3.8) is 0 Å². The van der Waals surface area contributed by atoms with Gasteiger partial charge in [0.2, 0.25) is 0 Å². The second kappa shape index (κ2) is 9.73. The average Bonchev–Trinajstić information content (AvgIpc) is 2.87. The minimum Gasteiger partial charge on any atom is -0.387 e. The molecule has 1 aliphatic heterocycles. The fourth-order valence-electron chi connectivity index (χ4n) is 2.32. The molecule has 0 saturated carbocycles. The Morgan fingerprint density at radius 3 is 2.55 bits per heavy atom. The molecule has 1 aliphatic rings. The molecule has 2 unspecified atom stereocenters. The molecule has 166 valence electrons. The summed E-state index contributed by atoms with van der Waals surface area (Å²) < 4.78 is 42.7. The Labute approximate surface area is 164 Å². The Balaban J connectivity index is 1.98. The van der Waals surface area contributed by atoms with Crippen molar-refractivity contribution >= 4 is 21.5 Å². The van der Waals surface area contributed by atoms with Gasteiger partial charge in [0.1, 0.15) is 24.1 Å². The van der Waals surface area contributed by atoms with Gasteiger partial charge >= 0.3 is 21.3 Å². The number of hydrogen-bond acceptors (Lipinski definition) is 12. The lowest BCUT2D eigenvalue weighted by molar-refractivity contribution is -0.0542. The van der Waals surface area contributed by atoms with E-state index in [9.17, 15) is 33.9 Å². The van der Waals surface area contributed by atoms with E-state index in [0.29, 0.717) is 0 Å². The van der Waals surface area contributed by atoms with Crippen LogP contribution in [0.2, 0.25) is 0 Å². The molecule has 0 bridgehead atoms. The number of phosphoric acid groups is 2. The molecule has 2 rings (SSSR count). The van der Waals surface area contributed by atoms with Gasteiger partial charge in [0.25, 0.3) is 0 Å². The highest BCUT2D eigenvalue weighted by Gasteiger charge is 2.46. The predicted octanol–water partition coefficient (Wildman–Crippen LogP) is -2.09. The molecule has 0 spiro atoms. The summed E-state index contributed by atoms with van der Waals surface area (Å²) in [6, 6.07) is 1.26. The minimum absolute atomic E-state index is 0.0668. The van der Waals surface area contributed by atoms with Gasteiger partial charge in [0, 0.05) is 12.7 Å². The van der Waals surface area contributed by atoms with Crippen LogP contribution in [0.25, 0.3) is 0 Å². The van der Waals surface area contributed by atoms with Crippen molar-refractivity contribution < 1.29 is 47.2 Å². The number of hydrogen-bond donors (Lipinski definition) is 6. The van der Waals surface area contributed by atoms with Gasteiger partial charge in [0.15, 0.2) is 6.23 Å². The third kappa shape index (κ3) is 6.64. The smallest absolute Gasteiger partial charge is 0.387 e. The molecule has 2 heterocycles. The van der Waals surface area contributed by atoms with Crippen LogP contribution in [0.1, 0.15) is 6.23 Å². The van der Waals surface area contributed by atoms with E-state index >= 15 is 0 Å². The number of aliphatic hydroxyl groups is 2. The van der Waals surface area contributed by atoms with E-state index in [0.717, 1.165) is 4.57 Å². The van der Waals surface area contributed by atoms with Crippen LogP contribution in [0.3, 0.4) is 0 Å². The molecular weight excluding hydrogens is 438 g/mol. The number of aromatic nitrogens is 2. The number of aliphatic hydroxyl groups excluding tert-OH is 2. The highest BCUT2D eigenvalue weighted by molar-refractivity contribution is 7.61. The monoisotopic (exact) mass is 460 g/mol. The van der Waals surface area contributed by atoms with Crippen molar-refractivity contribution in [3.8, 4) is 0 Å². The molecular formula is C12H22N4O11P2. The molecule has 7 N–H and O–H groups in total. The maximum absolute atomic E-state index is 11.9. The average molecular weight is 460 g/mol. The highest BCUT2D eigenvalue weighted by atomic mass is 31.3. The van der Waals surface area contributed by atoms with Crippen molar-refractivity contribution in [2.24, 2.45) is 0 Å². The van der Waals surface area contributed by atoms with E-state index in [2.05, 4.69) is 23.7 Å². The van der Waals surface area contributed by atoms with Crippen LogP contribution in [0.4, 0.5) is 5.82 Å². The van der Waals surface area contributed by atoms with E-state index in [1.165, 1.54) is 12.3 Å². The fraction of sp³-hybridized carbons (Fsp3) is 0.667. The number of nitrogen functional groups attached to an aromatic ring is 1. The van der Waals surface area contributed by atoms with E-state index in [4.69, 9.17) is 10.5 Å². The fourth-order valence-corrected chi connectivity index (χ4v) is 4.40. The van der Waals surface area contributed by atoms with Gasteiger partial charge in [-0.2, -0.15) is 9.29 Å². The first-order valence-electron chi connectivity index (χ1n) is 8.12. The van der Waals surface area contributed by atoms with Crippen molar-refractivity contribution in [2.75, 3.05) is 32.5 Å². The van der Waals surface area contributed by atoms with Crippen LogP contribution in [-0.4, -0.2) is 74.7 Å². The van der Waals surface area contributed by atoms with Gasteiger partial charge in [-0.15, -0.1) is 0 Å². The first-order valence-corrected chi connectivity index (χ1v) is 11.1. The van der Waals surface area contributed by atoms with Crippen LogP contribution >= 0.6 is 15.6 Å². The molecule has 1 saturated heterocycles. The van der Waals surface area contributed by atoms with Gasteiger partial charge in [-0.3, -0.25) is 13.6 Å². The SMILES string of the molecule is CNCCOP(=O)(O)OP(=O)(O)OC[C@H]1O[C@@H](n2ccc(N)nc2=O)[C@H](O)[C@@H]1O. The summed E-state index contributed by atoms with van der Waals surface area (Å²) in [6.07, 6.45) is -4.82. The van der Waals surface area contributed by atoms with Gasteiger partial charge in [0.05, 0.1) is 13.2 Å². The van der Waals surface area contributed by atoms with Gasteiger partial charge < -0.3 is 35.8 Å². The van der Waals surface area contributed by atoms with Crippen LogP contribution in [0.5, 0.6) is 0 Å². The summed E-state index contributed by atoms with van der Waals surface area (Å²) in [5, 5.41) is 22.8.